The minimum Gasteiger partial charge on any atom is -0.496 e. The summed E-state index contributed by atoms with van der Waals surface area (Å²) in [6.07, 6.45) is 1.38. The standard InChI is InChI=1S/C17H25BrN4O3.HI/c1-3-25-17(23)22-8-6-14(7-9-22)21-16(19)20-11-12-10-13(18)4-5-15(12)24-2;/h4-5,10,14H,3,6-9,11H2,1-2H3,(H3,19,20,21);1H. The number of carbonyl (C=O) groups is 1. The molecule has 0 spiro atoms. The van der Waals surface area contributed by atoms with Crippen molar-refractivity contribution in [2.45, 2.75) is 32.4 Å². The number of halogens is 2. The van der Waals surface area contributed by atoms with Crippen molar-refractivity contribution in [1.29, 1.82) is 0 Å². The average Bonchev–Trinajstić information content (AvgIpc) is 2.61. The van der Waals surface area contributed by atoms with Crippen LogP contribution in [0.15, 0.2) is 27.7 Å². The van der Waals surface area contributed by atoms with Crippen molar-refractivity contribution in [2.75, 3.05) is 26.8 Å². The third-order valence-corrected chi connectivity index (χ3v) is 4.53. The maximum Gasteiger partial charge on any atom is 0.409 e. The molecule has 0 radical (unpaired) electrons. The lowest BCUT2D eigenvalue weighted by molar-refractivity contribution is 0.0963. The minimum atomic E-state index is -0.246. The monoisotopic (exact) mass is 540 g/mol. The van der Waals surface area contributed by atoms with Gasteiger partial charge in [0.05, 0.1) is 20.3 Å². The smallest absolute Gasteiger partial charge is 0.409 e. The Morgan fingerprint density at radius 2 is 2.12 bits per heavy atom. The summed E-state index contributed by atoms with van der Waals surface area (Å²) >= 11 is 3.45. The summed E-state index contributed by atoms with van der Waals surface area (Å²) in [5.74, 6) is 1.18. The molecule has 7 nitrogen and oxygen atoms in total. The number of nitrogens with one attached hydrogen (secondary N) is 1. The summed E-state index contributed by atoms with van der Waals surface area (Å²) in [5.41, 5.74) is 6.96. The van der Waals surface area contributed by atoms with Gasteiger partial charge in [-0.3, -0.25) is 0 Å². The summed E-state index contributed by atoms with van der Waals surface area (Å²) < 4.78 is 11.3. The molecule has 0 bridgehead atoms. The van der Waals surface area contributed by atoms with E-state index in [9.17, 15) is 4.79 Å². The Hall–Kier alpha value is -1.23. The van der Waals surface area contributed by atoms with Gasteiger partial charge in [0.1, 0.15) is 5.75 Å². The van der Waals surface area contributed by atoms with Gasteiger partial charge in [0, 0.05) is 29.2 Å². The minimum absolute atomic E-state index is 0. The first-order valence-electron chi connectivity index (χ1n) is 8.34. The zero-order chi connectivity index (χ0) is 18.2. The lowest BCUT2D eigenvalue weighted by atomic mass is 10.1. The predicted molar refractivity (Wildman–Crippen MR) is 116 cm³/mol. The van der Waals surface area contributed by atoms with E-state index in [2.05, 4.69) is 26.2 Å². The van der Waals surface area contributed by atoms with Crippen molar-refractivity contribution >= 4 is 52.0 Å². The molecular formula is C17H26BrIN4O3. The number of amides is 1. The zero-order valence-corrected chi connectivity index (χ0v) is 19.0. The van der Waals surface area contributed by atoms with E-state index in [1.807, 2.05) is 25.1 Å². The average molecular weight is 541 g/mol. The fraction of sp³-hybridized carbons (Fsp3) is 0.529. The number of carbonyl (C=O) groups excluding carboxylic acids is 1. The van der Waals surface area contributed by atoms with Gasteiger partial charge in [-0.05, 0) is 38.0 Å². The van der Waals surface area contributed by atoms with Gasteiger partial charge in [-0.15, -0.1) is 24.0 Å². The highest BCUT2D eigenvalue weighted by Crippen LogP contribution is 2.23. The van der Waals surface area contributed by atoms with Crippen LogP contribution in [0.3, 0.4) is 0 Å². The van der Waals surface area contributed by atoms with Gasteiger partial charge in [-0.2, -0.15) is 0 Å². The Morgan fingerprint density at radius 1 is 1.42 bits per heavy atom. The van der Waals surface area contributed by atoms with E-state index in [1.54, 1.807) is 12.0 Å². The fourth-order valence-electron chi connectivity index (χ4n) is 2.72. The molecule has 9 heteroatoms. The zero-order valence-electron chi connectivity index (χ0n) is 15.0. The molecule has 0 atom stereocenters. The number of hydrogen-bond donors (Lipinski definition) is 2. The number of piperidine rings is 1. The van der Waals surface area contributed by atoms with Crippen LogP contribution in [0.25, 0.3) is 0 Å². The molecule has 3 N–H and O–H groups in total. The summed E-state index contributed by atoms with van der Waals surface area (Å²) in [6.45, 7) is 3.95. The number of ether oxygens (including phenoxy) is 2. The quantitative estimate of drug-likeness (QED) is 0.340. The van der Waals surface area contributed by atoms with Crippen LogP contribution < -0.4 is 15.8 Å². The highest BCUT2D eigenvalue weighted by molar-refractivity contribution is 14.0. The second kappa shape index (κ2) is 11.5. The lowest BCUT2D eigenvalue weighted by Gasteiger charge is -2.31. The van der Waals surface area contributed by atoms with E-state index in [0.29, 0.717) is 32.2 Å². The highest BCUT2D eigenvalue weighted by atomic mass is 127. The van der Waals surface area contributed by atoms with Gasteiger partial charge in [0.25, 0.3) is 0 Å². The molecule has 0 saturated carbocycles. The Bertz CT molecular complexity index is 622. The molecule has 1 fully saturated rings. The number of benzene rings is 1. The van der Waals surface area contributed by atoms with E-state index >= 15 is 0 Å². The molecular weight excluding hydrogens is 515 g/mol. The van der Waals surface area contributed by atoms with Gasteiger partial charge >= 0.3 is 6.09 Å². The topological polar surface area (TPSA) is 89.2 Å². The van der Waals surface area contributed by atoms with Crippen molar-refractivity contribution in [3.8, 4) is 5.75 Å². The van der Waals surface area contributed by atoms with Gasteiger partial charge in [0.15, 0.2) is 5.96 Å². The Morgan fingerprint density at radius 3 is 2.73 bits per heavy atom. The van der Waals surface area contributed by atoms with Crippen LogP contribution in [0.4, 0.5) is 4.79 Å². The number of rotatable bonds is 5. The molecule has 1 aliphatic heterocycles. The van der Waals surface area contributed by atoms with Gasteiger partial charge in [-0.1, -0.05) is 15.9 Å². The largest absolute Gasteiger partial charge is 0.496 e. The molecule has 1 saturated heterocycles. The van der Waals surface area contributed by atoms with Gasteiger partial charge in [-0.25, -0.2) is 9.79 Å². The molecule has 26 heavy (non-hydrogen) atoms. The van der Waals surface area contributed by atoms with Crippen LogP contribution in [-0.2, 0) is 11.3 Å². The SMILES string of the molecule is CCOC(=O)N1CCC(NC(N)=NCc2cc(Br)ccc2OC)CC1.I. The van der Waals surface area contributed by atoms with Crippen LogP contribution in [0, 0.1) is 0 Å². The van der Waals surface area contributed by atoms with Crippen LogP contribution in [-0.4, -0.2) is 49.8 Å². The van der Waals surface area contributed by atoms with Crippen LogP contribution in [0.1, 0.15) is 25.3 Å². The van der Waals surface area contributed by atoms with Gasteiger partial charge < -0.3 is 25.4 Å². The number of methoxy groups -OCH3 is 1. The van der Waals surface area contributed by atoms with Crippen molar-refractivity contribution in [3.05, 3.63) is 28.2 Å². The molecule has 1 aliphatic rings. The summed E-state index contributed by atoms with van der Waals surface area (Å²) in [6, 6.07) is 5.99. The number of nitrogens with two attached hydrogens (primary N) is 1. The number of likely N-dealkylation sites (tertiary alicyclic amines) is 1. The summed E-state index contributed by atoms with van der Waals surface area (Å²) in [5, 5.41) is 3.23. The maximum absolute atomic E-state index is 11.7. The molecule has 0 aromatic heterocycles. The molecule has 146 valence electrons. The van der Waals surface area contributed by atoms with Crippen LogP contribution in [0.2, 0.25) is 0 Å². The first-order valence-corrected chi connectivity index (χ1v) is 9.13. The van der Waals surface area contributed by atoms with Crippen molar-refractivity contribution in [3.63, 3.8) is 0 Å². The summed E-state index contributed by atoms with van der Waals surface area (Å²) in [7, 11) is 1.63. The number of guanidine groups is 1. The molecule has 0 unspecified atom stereocenters. The molecule has 1 amide bonds. The van der Waals surface area contributed by atoms with Crippen molar-refractivity contribution in [2.24, 2.45) is 10.7 Å². The number of aliphatic imine (C=N–C) groups is 1. The molecule has 0 aliphatic carbocycles. The molecule has 1 aromatic rings. The van der Waals surface area contributed by atoms with E-state index in [-0.39, 0.29) is 36.1 Å². The summed E-state index contributed by atoms with van der Waals surface area (Å²) in [4.78, 5) is 17.8. The predicted octanol–water partition coefficient (Wildman–Crippen LogP) is 3.10. The normalized spacial score (nSPS) is 15.2. The Labute approximate surface area is 179 Å². The first-order chi connectivity index (χ1) is 12.0. The van der Waals surface area contributed by atoms with Gasteiger partial charge in [0.2, 0.25) is 0 Å². The Kier molecular flexibility index (Phi) is 10.1. The number of hydrogen-bond acceptors (Lipinski definition) is 4. The molecule has 1 aromatic carbocycles. The maximum atomic E-state index is 11.7. The molecule has 2 rings (SSSR count). The van der Waals surface area contributed by atoms with E-state index < -0.39 is 0 Å². The Balaban J connectivity index is 0.00000338. The number of nitrogens with zero attached hydrogens (tertiary/aromatic N) is 2. The van der Waals surface area contributed by atoms with Crippen LogP contribution in [0.5, 0.6) is 5.75 Å². The molecule has 1 heterocycles. The van der Waals surface area contributed by atoms with Crippen LogP contribution >= 0.6 is 39.9 Å². The highest BCUT2D eigenvalue weighted by Gasteiger charge is 2.23. The van der Waals surface area contributed by atoms with E-state index in [4.69, 9.17) is 15.2 Å². The first kappa shape index (κ1) is 22.8. The lowest BCUT2D eigenvalue weighted by Crippen LogP contribution is -2.48. The van der Waals surface area contributed by atoms with Crippen molar-refractivity contribution in [1.82, 2.24) is 10.2 Å². The van der Waals surface area contributed by atoms with Crippen molar-refractivity contribution < 1.29 is 14.3 Å². The third kappa shape index (κ3) is 6.82. The van der Waals surface area contributed by atoms with E-state index in [0.717, 1.165) is 28.6 Å². The second-order valence-corrected chi connectivity index (χ2v) is 6.68. The van der Waals surface area contributed by atoms with E-state index in [1.165, 1.54) is 0 Å². The second-order valence-electron chi connectivity index (χ2n) is 5.76. The fourth-order valence-corrected chi connectivity index (χ4v) is 3.13. The third-order valence-electron chi connectivity index (χ3n) is 4.04.